The molecule has 1 aliphatic rings. The lowest BCUT2D eigenvalue weighted by molar-refractivity contribution is 0.0344. The third-order valence-corrected chi connectivity index (χ3v) is 6.95. The van der Waals surface area contributed by atoms with Crippen molar-refractivity contribution in [1.29, 1.82) is 0 Å². The van der Waals surface area contributed by atoms with Crippen LogP contribution in [0, 0.1) is 3.57 Å². The summed E-state index contributed by atoms with van der Waals surface area (Å²) in [6, 6.07) is 6.11. The van der Waals surface area contributed by atoms with E-state index in [-0.39, 0.29) is 17.9 Å². The number of aliphatic hydroxyl groups is 1. The summed E-state index contributed by atoms with van der Waals surface area (Å²) < 4.78 is 18.0. The molecule has 0 aliphatic carbocycles. The lowest BCUT2D eigenvalue weighted by Gasteiger charge is -2.28. The molecule has 1 saturated heterocycles. The Morgan fingerprint density at radius 3 is 2.70 bits per heavy atom. The molecule has 1 aromatic rings. The monoisotopic (exact) mass is 589 g/mol. The average molecular weight is 590 g/mol. The fourth-order valence-electron chi connectivity index (χ4n) is 3.54. The lowest BCUT2D eigenvalue weighted by atomic mass is 9.77. The predicted molar refractivity (Wildman–Crippen MR) is 144 cm³/mol. The molecule has 1 aromatic carbocycles. The highest BCUT2D eigenvalue weighted by molar-refractivity contribution is 14.1. The summed E-state index contributed by atoms with van der Waals surface area (Å²) in [5, 5.41) is 9.63. The number of ether oxygens (including phenoxy) is 3. The minimum atomic E-state index is -0.675. The topological polar surface area (TPSA) is 51.2 Å². The second-order valence-corrected chi connectivity index (χ2v) is 10.1. The van der Waals surface area contributed by atoms with Crippen LogP contribution in [0.4, 0.5) is 0 Å². The van der Waals surface area contributed by atoms with Crippen molar-refractivity contribution < 1.29 is 19.3 Å². The van der Waals surface area contributed by atoms with Gasteiger partial charge in [-0.25, -0.2) is 0 Å². The molecule has 1 fully saturated rings. The van der Waals surface area contributed by atoms with E-state index in [2.05, 4.69) is 66.1 Å². The third kappa shape index (κ3) is 9.25. The second-order valence-electron chi connectivity index (χ2n) is 8.65. The molecular weight excluding hydrogens is 553 g/mol. The zero-order valence-electron chi connectivity index (χ0n) is 20.0. The molecule has 1 heterocycles. The molecule has 1 atom stereocenters. The van der Waals surface area contributed by atoms with E-state index in [9.17, 15) is 5.11 Å². The van der Waals surface area contributed by atoms with Gasteiger partial charge in [-0.1, -0.05) is 38.6 Å². The highest BCUT2D eigenvalue weighted by atomic mass is 127. The quantitative estimate of drug-likeness (QED) is 0.111. The summed E-state index contributed by atoms with van der Waals surface area (Å²) in [5.74, 6) is 1.78. The van der Waals surface area contributed by atoms with Crippen LogP contribution in [0.25, 0.3) is 0 Å². The van der Waals surface area contributed by atoms with Crippen molar-refractivity contribution in [2.24, 2.45) is 0 Å². The minimum Gasteiger partial charge on any atom is -0.498 e. The molecule has 0 radical (unpaired) electrons. The number of aliphatic hydroxyl groups excluding tert-OH is 1. The van der Waals surface area contributed by atoms with Gasteiger partial charge in [0.15, 0.2) is 0 Å². The number of rotatable bonds is 13. The van der Waals surface area contributed by atoms with Crippen LogP contribution in [0.15, 0.2) is 54.3 Å². The van der Waals surface area contributed by atoms with E-state index in [1.807, 2.05) is 25.1 Å². The molecule has 1 N–H and O–H groups in total. The summed E-state index contributed by atoms with van der Waals surface area (Å²) in [6.45, 7) is 16.0. The van der Waals surface area contributed by atoms with Gasteiger partial charge < -0.3 is 19.3 Å². The van der Waals surface area contributed by atoms with Crippen molar-refractivity contribution >= 4 is 34.2 Å². The molecule has 184 valence electrons. The molecule has 0 bridgehead atoms. The Hall–Kier alpha value is -1.06. The van der Waals surface area contributed by atoms with Crippen molar-refractivity contribution in [2.45, 2.75) is 38.7 Å². The largest absolute Gasteiger partial charge is 0.498 e. The summed E-state index contributed by atoms with van der Waals surface area (Å²) in [6.07, 6.45) is 6.33. The summed E-state index contributed by atoms with van der Waals surface area (Å²) in [7, 11) is 0. The van der Waals surface area contributed by atoms with Crippen LogP contribution >= 0.6 is 34.2 Å². The number of alkyl halides is 1. The normalized spacial score (nSPS) is 17.0. The smallest absolute Gasteiger partial charge is 0.132 e. The number of nitrogens with zero attached hydrogens (tertiary/aromatic N) is 1. The standard InChI is InChI=1S/C26H37ClINO4/c1-5-21(8-7-20(2)32-14-6-11-29-12-15-31-16-13-29)26(3,4)22-9-10-25(24(28)17-22)33-19-23(30)18-27/h5,7-10,17,23,30H,1,6,11-16,18-19H2,2-4H3/b20-7+,21-8+/t23-/m0/s1. The van der Waals surface area contributed by atoms with Crippen LogP contribution in [0.5, 0.6) is 5.75 Å². The van der Waals surface area contributed by atoms with E-state index in [0.29, 0.717) is 6.61 Å². The minimum absolute atomic E-state index is 0.152. The van der Waals surface area contributed by atoms with Crippen LogP contribution in [-0.2, 0) is 14.9 Å². The fraction of sp³-hybridized carbons (Fsp3) is 0.538. The van der Waals surface area contributed by atoms with E-state index >= 15 is 0 Å². The van der Waals surface area contributed by atoms with Gasteiger partial charge in [-0.05, 0) is 65.3 Å². The Kier molecular flexibility index (Phi) is 12.3. The maximum Gasteiger partial charge on any atom is 0.132 e. The zero-order chi connectivity index (χ0) is 24.3. The van der Waals surface area contributed by atoms with Crippen molar-refractivity contribution in [3.05, 3.63) is 63.5 Å². The van der Waals surface area contributed by atoms with E-state index < -0.39 is 6.10 Å². The summed E-state index contributed by atoms with van der Waals surface area (Å²) in [4.78, 5) is 2.42. The van der Waals surface area contributed by atoms with Crippen LogP contribution in [-0.4, -0.2) is 68.1 Å². The number of halogens is 2. The van der Waals surface area contributed by atoms with Gasteiger partial charge in [-0.15, -0.1) is 11.6 Å². The summed E-state index contributed by atoms with van der Waals surface area (Å²) in [5.41, 5.74) is 2.00. The SMILES string of the molecule is C=C/C(=C\C=C(/C)OCCCN1CCOCC1)C(C)(C)c1ccc(OC[C@@H](O)CCl)c(I)c1. The number of morpholine rings is 1. The van der Waals surface area contributed by atoms with Gasteiger partial charge in [0, 0.05) is 25.0 Å². The number of allylic oxidation sites excluding steroid dienone is 5. The molecule has 7 heteroatoms. The van der Waals surface area contributed by atoms with Crippen molar-refractivity contribution in [3.8, 4) is 5.75 Å². The first-order valence-corrected chi connectivity index (χ1v) is 13.0. The molecule has 5 nitrogen and oxygen atoms in total. The Balaban J connectivity index is 1.96. The molecule has 0 saturated carbocycles. The van der Waals surface area contributed by atoms with Crippen molar-refractivity contribution in [1.82, 2.24) is 4.90 Å². The molecular formula is C26H37ClINO4. The highest BCUT2D eigenvalue weighted by Gasteiger charge is 2.24. The van der Waals surface area contributed by atoms with Crippen LogP contribution in [0.2, 0.25) is 0 Å². The van der Waals surface area contributed by atoms with Gasteiger partial charge >= 0.3 is 0 Å². The molecule has 1 aliphatic heterocycles. The van der Waals surface area contributed by atoms with Crippen molar-refractivity contribution in [2.75, 3.05) is 51.9 Å². The maximum atomic E-state index is 9.63. The fourth-order valence-corrected chi connectivity index (χ4v) is 4.30. The Morgan fingerprint density at radius 2 is 2.06 bits per heavy atom. The molecule has 0 unspecified atom stereocenters. The summed E-state index contributed by atoms with van der Waals surface area (Å²) >= 11 is 7.91. The van der Waals surface area contributed by atoms with E-state index in [1.165, 1.54) is 0 Å². The van der Waals surface area contributed by atoms with Crippen LogP contribution < -0.4 is 4.74 Å². The van der Waals surface area contributed by atoms with Gasteiger partial charge in [-0.3, -0.25) is 4.90 Å². The molecule has 2 rings (SSSR count). The Labute approximate surface area is 217 Å². The molecule has 0 aromatic heterocycles. The Morgan fingerprint density at radius 1 is 1.33 bits per heavy atom. The average Bonchev–Trinajstić information content (AvgIpc) is 2.81. The van der Waals surface area contributed by atoms with Crippen LogP contribution in [0.1, 0.15) is 32.8 Å². The number of benzene rings is 1. The van der Waals surface area contributed by atoms with Crippen molar-refractivity contribution in [3.63, 3.8) is 0 Å². The predicted octanol–water partition coefficient (Wildman–Crippen LogP) is 5.30. The van der Waals surface area contributed by atoms with E-state index in [4.69, 9.17) is 25.8 Å². The number of hydrogen-bond donors (Lipinski definition) is 1. The van der Waals surface area contributed by atoms with Gasteiger partial charge in [0.2, 0.25) is 0 Å². The van der Waals surface area contributed by atoms with Gasteiger partial charge in [0.05, 0.1) is 35.0 Å². The van der Waals surface area contributed by atoms with Crippen LogP contribution in [0.3, 0.4) is 0 Å². The first-order chi connectivity index (χ1) is 15.8. The lowest BCUT2D eigenvalue weighted by Crippen LogP contribution is -2.37. The van der Waals surface area contributed by atoms with Gasteiger partial charge in [0.25, 0.3) is 0 Å². The molecule has 0 spiro atoms. The van der Waals surface area contributed by atoms with E-state index in [0.717, 1.165) is 65.5 Å². The second kappa shape index (κ2) is 14.4. The third-order valence-electron chi connectivity index (χ3n) is 5.75. The van der Waals surface area contributed by atoms with Gasteiger partial charge in [0.1, 0.15) is 18.5 Å². The van der Waals surface area contributed by atoms with Gasteiger partial charge in [-0.2, -0.15) is 0 Å². The zero-order valence-corrected chi connectivity index (χ0v) is 22.9. The maximum absolute atomic E-state index is 9.63. The van der Waals surface area contributed by atoms with E-state index in [1.54, 1.807) is 0 Å². The first-order valence-electron chi connectivity index (χ1n) is 11.4. The highest BCUT2D eigenvalue weighted by Crippen LogP contribution is 2.35. The molecule has 33 heavy (non-hydrogen) atoms. The first kappa shape index (κ1) is 28.2. The molecule has 0 amide bonds. The Bertz CT molecular complexity index is 819. The number of hydrogen-bond acceptors (Lipinski definition) is 5.